The summed E-state index contributed by atoms with van der Waals surface area (Å²) in [7, 11) is 1.64. The van der Waals surface area contributed by atoms with Crippen molar-refractivity contribution >= 4 is 17.5 Å². The van der Waals surface area contributed by atoms with E-state index in [-0.39, 0.29) is 17.9 Å². The molecule has 2 aromatic carbocycles. The van der Waals surface area contributed by atoms with Crippen molar-refractivity contribution in [3.8, 4) is 11.5 Å². The molecule has 0 N–H and O–H groups in total. The zero-order valence-electron chi connectivity index (χ0n) is 17.2. The van der Waals surface area contributed by atoms with Gasteiger partial charge in [0.05, 0.1) is 31.4 Å². The summed E-state index contributed by atoms with van der Waals surface area (Å²) in [5, 5.41) is 4.32. The number of carbonyl (C=O) groups excluding carboxylic acids is 2. The SMILES string of the molecule is CCOc1ccc(N2C(=O)[C@@H]3[C@@H](c4ccc(OC)cc4)N4CCCN4[C@H]3C2=O)cc1. The van der Waals surface area contributed by atoms with Gasteiger partial charge in [-0.05, 0) is 55.3 Å². The van der Waals surface area contributed by atoms with Crippen molar-refractivity contribution in [1.29, 1.82) is 0 Å². The molecule has 7 nitrogen and oxygen atoms in total. The lowest BCUT2D eigenvalue weighted by Crippen LogP contribution is -2.44. The van der Waals surface area contributed by atoms with E-state index in [0.717, 1.165) is 36.6 Å². The molecule has 0 unspecified atom stereocenters. The molecule has 30 heavy (non-hydrogen) atoms. The van der Waals surface area contributed by atoms with Gasteiger partial charge in [0.15, 0.2) is 0 Å². The standard InChI is InChI=1S/C23H25N3O4/c1-3-30-18-11-7-16(8-12-18)26-22(27)19-20(15-5-9-17(29-2)10-6-15)24-13-4-14-25(24)21(19)23(26)28/h5-12,19-21H,3-4,13-14H2,1-2H3/t19-,20-,21-/m1/s1. The van der Waals surface area contributed by atoms with Gasteiger partial charge in [-0.15, -0.1) is 0 Å². The summed E-state index contributed by atoms with van der Waals surface area (Å²) in [5.74, 6) is 0.804. The number of benzene rings is 2. The molecular formula is C23H25N3O4. The van der Waals surface area contributed by atoms with Crippen LogP contribution in [0.15, 0.2) is 48.5 Å². The molecule has 0 spiro atoms. The van der Waals surface area contributed by atoms with E-state index in [1.54, 1.807) is 31.4 Å². The van der Waals surface area contributed by atoms with E-state index in [2.05, 4.69) is 10.0 Å². The Morgan fingerprint density at radius 3 is 2.13 bits per heavy atom. The van der Waals surface area contributed by atoms with Crippen molar-refractivity contribution in [3.05, 3.63) is 54.1 Å². The lowest BCUT2D eigenvalue weighted by molar-refractivity contribution is -0.126. The monoisotopic (exact) mass is 407 g/mol. The van der Waals surface area contributed by atoms with Crippen LogP contribution in [0, 0.1) is 5.92 Å². The highest BCUT2D eigenvalue weighted by Crippen LogP contribution is 2.49. The first-order valence-electron chi connectivity index (χ1n) is 10.4. The number of carbonyl (C=O) groups is 2. The van der Waals surface area contributed by atoms with Crippen LogP contribution in [0.25, 0.3) is 0 Å². The Hall–Kier alpha value is -2.90. The van der Waals surface area contributed by atoms with E-state index in [1.165, 1.54) is 4.90 Å². The zero-order valence-corrected chi connectivity index (χ0v) is 17.2. The molecule has 0 saturated carbocycles. The number of amides is 2. The van der Waals surface area contributed by atoms with Gasteiger partial charge in [0, 0.05) is 13.1 Å². The van der Waals surface area contributed by atoms with Crippen LogP contribution < -0.4 is 14.4 Å². The van der Waals surface area contributed by atoms with Gasteiger partial charge >= 0.3 is 0 Å². The lowest BCUT2D eigenvalue weighted by Gasteiger charge is -2.29. The van der Waals surface area contributed by atoms with Crippen LogP contribution in [0.2, 0.25) is 0 Å². The second kappa shape index (κ2) is 7.41. The summed E-state index contributed by atoms with van der Waals surface area (Å²) in [6.07, 6.45) is 0.987. The number of hydrazine groups is 1. The Morgan fingerprint density at radius 2 is 1.50 bits per heavy atom. The van der Waals surface area contributed by atoms with E-state index in [0.29, 0.717) is 12.3 Å². The molecule has 5 rings (SSSR count). The molecular weight excluding hydrogens is 382 g/mol. The zero-order chi connectivity index (χ0) is 20.8. The molecule has 7 heteroatoms. The number of anilines is 1. The van der Waals surface area contributed by atoms with Gasteiger partial charge in [0.2, 0.25) is 5.91 Å². The van der Waals surface area contributed by atoms with Crippen molar-refractivity contribution in [1.82, 2.24) is 10.0 Å². The first-order valence-corrected chi connectivity index (χ1v) is 10.4. The van der Waals surface area contributed by atoms with Crippen molar-refractivity contribution in [3.63, 3.8) is 0 Å². The van der Waals surface area contributed by atoms with Crippen LogP contribution in [0.5, 0.6) is 11.5 Å². The predicted octanol–water partition coefficient (Wildman–Crippen LogP) is 2.63. The third-order valence-electron chi connectivity index (χ3n) is 6.27. The maximum atomic E-state index is 13.5. The van der Waals surface area contributed by atoms with E-state index in [1.807, 2.05) is 31.2 Å². The minimum absolute atomic E-state index is 0.135. The van der Waals surface area contributed by atoms with Gasteiger partial charge < -0.3 is 9.47 Å². The van der Waals surface area contributed by atoms with Gasteiger partial charge in [-0.25, -0.2) is 14.9 Å². The first kappa shape index (κ1) is 19.1. The summed E-state index contributed by atoms with van der Waals surface area (Å²) in [6.45, 7) is 4.14. The van der Waals surface area contributed by atoms with Crippen molar-refractivity contribution in [2.45, 2.75) is 25.4 Å². The number of hydrogen-bond acceptors (Lipinski definition) is 6. The average Bonchev–Trinajstić information content (AvgIpc) is 3.41. The fraction of sp³-hybridized carbons (Fsp3) is 0.391. The van der Waals surface area contributed by atoms with Crippen molar-refractivity contribution < 1.29 is 19.1 Å². The topological polar surface area (TPSA) is 62.3 Å². The molecule has 3 fully saturated rings. The molecule has 3 aliphatic rings. The van der Waals surface area contributed by atoms with E-state index >= 15 is 0 Å². The summed E-state index contributed by atoms with van der Waals surface area (Å²) in [5.41, 5.74) is 1.63. The van der Waals surface area contributed by atoms with Crippen molar-refractivity contribution in [2.75, 3.05) is 31.7 Å². The van der Waals surface area contributed by atoms with Crippen LogP contribution in [-0.4, -0.2) is 54.7 Å². The highest BCUT2D eigenvalue weighted by molar-refractivity contribution is 6.24. The predicted molar refractivity (Wildman–Crippen MR) is 111 cm³/mol. The summed E-state index contributed by atoms with van der Waals surface area (Å²) < 4.78 is 10.8. The van der Waals surface area contributed by atoms with Gasteiger partial charge in [-0.2, -0.15) is 0 Å². The minimum atomic E-state index is -0.446. The van der Waals surface area contributed by atoms with E-state index in [9.17, 15) is 9.59 Å². The van der Waals surface area contributed by atoms with Crippen LogP contribution in [0.1, 0.15) is 24.9 Å². The summed E-state index contributed by atoms with van der Waals surface area (Å²) >= 11 is 0. The Morgan fingerprint density at radius 1 is 0.867 bits per heavy atom. The third kappa shape index (κ3) is 2.80. The maximum absolute atomic E-state index is 13.5. The molecule has 0 aromatic heterocycles. The number of methoxy groups -OCH3 is 1. The van der Waals surface area contributed by atoms with Gasteiger partial charge in [0.25, 0.3) is 5.91 Å². The summed E-state index contributed by atoms with van der Waals surface area (Å²) in [6, 6.07) is 14.4. The number of imide groups is 1. The van der Waals surface area contributed by atoms with Crippen molar-refractivity contribution in [2.24, 2.45) is 5.92 Å². The molecule has 3 atom stereocenters. The number of ether oxygens (including phenoxy) is 2. The highest BCUT2D eigenvalue weighted by Gasteiger charge is 2.62. The van der Waals surface area contributed by atoms with Gasteiger partial charge in [-0.1, -0.05) is 12.1 Å². The normalized spacial score (nSPS) is 26.2. The molecule has 2 amide bonds. The number of rotatable bonds is 5. The quantitative estimate of drug-likeness (QED) is 0.710. The van der Waals surface area contributed by atoms with E-state index in [4.69, 9.17) is 9.47 Å². The van der Waals surface area contributed by atoms with E-state index < -0.39 is 12.0 Å². The fourth-order valence-corrected chi connectivity index (χ4v) is 5.03. The number of hydrogen-bond donors (Lipinski definition) is 0. The van der Waals surface area contributed by atoms with Crippen LogP contribution in [0.4, 0.5) is 5.69 Å². The number of fused-ring (bicyclic) bond motifs is 3. The molecule has 0 bridgehead atoms. The molecule has 2 aromatic rings. The Balaban J connectivity index is 1.50. The molecule has 3 aliphatic heterocycles. The van der Waals surface area contributed by atoms with Gasteiger partial charge in [0.1, 0.15) is 17.5 Å². The summed E-state index contributed by atoms with van der Waals surface area (Å²) in [4.78, 5) is 28.3. The highest BCUT2D eigenvalue weighted by atomic mass is 16.5. The Bertz CT molecular complexity index is 959. The average molecular weight is 407 g/mol. The molecule has 3 heterocycles. The molecule has 156 valence electrons. The third-order valence-corrected chi connectivity index (χ3v) is 6.27. The molecule has 0 aliphatic carbocycles. The Kier molecular flexibility index (Phi) is 4.72. The first-order chi connectivity index (χ1) is 14.6. The Labute approximate surface area is 175 Å². The largest absolute Gasteiger partial charge is 0.497 e. The van der Waals surface area contributed by atoms with Crippen LogP contribution >= 0.6 is 0 Å². The second-order valence-corrected chi connectivity index (χ2v) is 7.81. The minimum Gasteiger partial charge on any atom is -0.497 e. The maximum Gasteiger partial charge on any atom is 0.253 e. The number of nitrogens with zero attached hydrogens (tertiary/aromatic N) is 3. The molecule has 0 radical (unpaired) electrons. The van der Waals surface area contributed by atoms with Crippen LogP contribution in [-0.2, 0) is 9.59 Å². The second-order valence-electron chi connectivity index (χ2n) is 7.81. The lowest BCUT2D eigenvalue weighted by atomic mass is 9.90. The van der Waals surface area contributed by atoms with Crippen LogP contribution in [0.3, 0.4) is 0 Å². The smallest absolute Gasteiger partial charge is 0.253 e. The fourth-order valence-electron chi connectivity index (χ4n) is 5.03. The van der Waals surface area contributed by atoms with Gasteiger partial charge in [-0.3, -0.25) is 9.59 Å². The molecule has 3 saturated heterocycles.